The number of benzene rings is 2. The van der Waals surface area contributed by atoms with Crippen LogP contribution in [0.25, 0.3) is 0 Å². The first kappa shape index (κ1) is 24.4. The van der Waals surface area contributed by atoms with E-state index in [-0.39, 0.29) is 18.1 Å². The summed E-state index contributed by atoms with van der Waals surface area (Å²) in [7, 11) is 1.37. The third kappa shape index (κ3) is 5.91. The molecule has 0 spiro atoms. The van der Waals surface area contributed by atoms with E-state index in [1.165, 1.54) is 93.6 Å². The van der Waals surface area contributed by atoms with Gasteiger partial charge in [0, 0.05) is 24.9 Å². The van der Waals surface area contributed by atoms with Crippen LogP contribution >= 0.6 is 0 Å². The Morgan fingerprint density at radius 3 is 1.71 bits per heavy atom. The first-order chi connectivity index (χ1) is 17.2. The highest BCUT2D eigenvalue weighted by Gasteiger charge is 2.34. The van der Waals surface area contributed by atoms with Crippen LogP contribution in [0.4, 0.5) is 4.79 Å². The number of carbonyl (C=O) groups is 1. The Morgan fingerprint density at radius 2 is 1.26 bits per heavy atom. The summed E-state index contributed by atoms with van der Waals surface area (Å²) < 4.78 is 10.2. The number of carbonyl (C=O) groups excluding carboxylic acids is 1. The Hall–Kier alpha value is -2.33. The Balaban J connectivity index is 1.38. The van der Waals surface area contributed by atoms with Crippen molar-refractivity contribution in [3.63, 3.8) is 0 Å². The standard InChI is InChI=1S/C31H41NO3/c1-34-31(33)35-28-20-29(32-21-28)30(26-16-12-24(13-17-26)22-8-4-2-5-9-22)27-18-14-25(15-19-27)23-10-6-3-7-11-23/h12-19,22-23,28-30,32H,2-11,20-21H2,1H3/t28-,29?/m1/s1. The average molecular weight is 476 g/mol. The van der Waals surface area contributed by atoms with Crippen LogP contribution in [0.5, 0.6) is 0 Å². The molecular weight excluding hydrogens is 434 g/mol. The molecule has 2 saturated carbocycles. The zero-order valence-electron chi connectivity index (χ0n) is 21.2. The molecule has 188 valence electrons. The van der Waals surface area contributed by atoms with Crippen LogP contribution in [-0.2, 0) is 9.47 Å². The van der Waals surface area contributed by atoms with Crippen molar-refractivity contribution in [3.05, 3.63) is 70.8 Å². The van der Waals surface area contributed by atoms with Crippen molar-refractivity contribution in [2.75, 3.05) is 13.7 Å². The number of hydrogen-bond acceptors (Lipinski definition) is 4. The Bertz CT molecular complexity index is 881. The molecule has 1 N–H and O–H groups in total. The topological polar surface area (TPSA) is 47.6 Å². The van der Waals surface area contributed by atoms with Crippen molar-refractivity contribution >= 4 is 6.16 Å². The first-order valence-electron chi connectivity index (χ1n) is 13.9. The molecule has 1 unspecified atom stereocenters. The van der Waals surface area contributed by atoms with Gasteiger partial charge in [0.05, 0.1) is 7.11 Å². The maximum absolute atomic E-state index is 11.7. The fourth-order valence-corrected chi connectivity index (χ4v) is 6.74. The number of rotatable bonds is 6. The molecule has 3 aliphatic rings. The highest BCUT2D eigenvalue weighted by atomic mass is 16.7. The molecule has 0 radical (unpaired) electrons. The average Bonchev–Trinajstić information content (AvgIpc) is 3.38. The molecule has 2 aromatic rings. The second-order valence-electron chi connectivity index (χ2n) is 10.9. The number of ether oxygens (including phenoxy) is 2. The minimum absolute atomic E-state index is 0.155. The van der Waals surface area contributed by atoms with E-state index in [0.29, 0.717) is 18.4 Å². The van der Waals surface area contributed by atoms with Crippen molar-refractivity contribution in [1.82, 2.24) is 5.32 Å². The first-order valence-corrected chi connectivity index (χ1v) is 13.9. The molecule has 2 aliphatic carbocycles. The zero-order chi connectivity index (χ0) is 24.0. The molecule has 2 aromatic carbocycles. The predicted molar refractivity (Wildman–Crippen MR) is 140 cm³/mol. The van der Waals surface area contributed by atoms with Gasteiger partial charge in [-0.15, -0.1) is 0 Å². The number of nitrogens with one attached hydrogen (secondary N) is 1. The summed E-state index contributed by atoms with van der Waals surface area (Å²) in [5.41, 5.74) is 5.66. The summed E-state index contributed by atoms with van der Waals surface area (Å²) in [6.45, 7) is 0.663. The van der Waals surface area contributed by atoms with Crippen molar-refractivity contribution in [1.29, 1.82) is 0 Å². The lowest BCUT2D eigenvalue weighted by Crippen LogP contribution is -2.29. The van der Waals surface area contributed by atoms with Gasteiger partial charge in [0.1, 0.15) is 6.10 Å². The van der Waals surface area contributed by atoms with E-state index < -0.39 is 6.16 Å². The van der Waals surface area contributed by atoms with Gasteiger partial charge in [0.2, 0.25) is 0 Å². The van der Waals surface area contributed by atoms with Gasteiger partial charge in [-0.3, -0.25) is 0 Å². The lowest BCUT2D eigenvalue weighted by Gasteiger charge is -2.27. The highest BCUT2D eigenvalue weighted by molar-refractivity contribution is 5.59. The predicted octanol–water partition coefficient (Wildman–Crippen LogP) is 7.43. The van der Waals surface area contributed by atoms with Crippen molar-refractivity contribution in [2.45, 2.75) is 101 Å². The van der Waals surface area contributed by atoms with Gasteiger partial charge < -0.3 is 14.8 Å². The second kappa shape index (κ2) is 11.6. The molecule has 0 aromatic heterocycles. The van der Waals surface area contributed by atoms with E-state index in [0.717, 1.165) is 6.42 Å². The summed E-state index contributed by atoms with van der Waals surface area (Å²) in [6, 6.07) is 19.1. The lowest BCUT2D eigenvalue weighted by molar-refractivity contribution is 0.0430. The molecular formula is C31H41NO3. The zero-order valence-corrected chi connectivity index (χ0v) is 21.2. The molecule has 4 nitrogen and oxygen atoms in total. The quantitative estimate of drug-likeness (QED) is 0.441. The Morgan fingerprint density at radius 1 is 0.771 bits per heavy atom. The largest absolute Gasteiger partial charge is 0.508 e. The smallest absolute Gasteiger partial charge is 0.438 e. The maximum Gasteiger partial charge on any atom is 0.508 e. The highest BCUT2D eigenvalue weighted by Crippen LogP contribution is 2.38. The third-order valence-corrected chi connectivity index (χ3v) is 8.70. The van der Waals surface area contributed by atoms with E-state index in [2.05, 4.69) is 53.8 Å². The van der Waals surface area contributed by atoms with Gasteiger partial charge in [-0.05, 0) is 59.8 Å². The molecule has 35 heavy (non-hydrogen) atoms. The number of hydrogen-bond donors (Lipinski definition) is 1. The fraction of sp³-hybridized carbons (Fsp3) is 0.581. The third-order valence-electron chi connectivity index (χ3n) is 8.70. The normalized spacial score (nSPS) is 23.9. The molecule has 5 rings (SSSR count). The molecule has 1 saturated heterocycles. The van der Waals surface area contributed by atoms with Crippen LogP contribution in [0.15, 0.2) is 48.5 Å². The minimum atomic E-state index is -0.595. The summed E-state index contributed by atoms with van der Waals surface area (Å²) in [5, 5.41) is 3.66. The molecule has 1 aliphatic heterocycles. The van der Waals surface area contributed by atoms with Crippen LogP contribution in [0.2, 0.25) is 0 Å². The summed E-state index contributed by atoms with van der Waals surface area (Å²) in [6.07, 6.45) is 13.5. The molecule has 3 fully saturated rings. The van der Waals surface area contributed by atoms with Crippen LogP contribution in [-0.4, -0.2) is 32.0 Å². The van der Waals surface area contributed by atoms with E-state index in [1.807, 2.05) is 0 Å². The van der Waals surface area contributed by atoms with Crippen LogP contribution < -0.4 is 5.32 Å². The monoisotopic (exact) mass is 475 g/mol. The van der Waals surface area contributed by atoms with Gasteiger partial charge >= 0.3 is 6.16 Å². The second-order valence-corrected chi connectivity index (χ2v) is 10.9. The van der Waals surface area contributed by atoms with Gasteiger partial charge in [0.25, 0.3) is 0 Å². The van der Waals surface area contributed by atoms with E-state index in [9.17, 15) is 4.79 Å². The van der Waals surface area contributed by atoms with Crippen LogP contribution in [0, 0.1) is 0 Å². The summed E-state index contributed by atoms with van der Waals surface area (Å²) in [4.78, 5) is 11.7. The van der Waals surface area contributed by atoms with Crippen LogP contribution in [0.1, 0.15) is 111 Å². The molecule has 1 heterocycles. The van der Waals surface area contributed by atoms with Gasteiger partial charge in [-0.25, -0.2) is 4.79 Å². The minimum Gasteiger partial charge on any atom is -0.438 e. The Kier molecular flexibility index (Phi) is 8.08. The SMILES string of the molecule is COC(=O)O[C@H]1CNC(C(c2ccc(C3CCCCC3)cc2)c2ccc(C3CCCCC3)cc2)C1. The summed E-state index contributed by atoms with van der Waals surface area (Å²) in [5.74, 6) is 1.66. The van der Waals surface area contributed by atoms with Crippen LogP contribution in [0.3, 0.4) is 0 Å². The van der Waals surface area contributed by atoms with Crippen molar-refractivity contribution in [3.8, 4) is 0 Å². The van der Waals surface area contributed by atoms with E-state index in [1.54, 1.807) is 0 Å². The van der Waals surface area contributed by atoms with Crippen molar-refractivity contribution in [2.24, 2.45) is 0 Å². The number of methoxy groups -OCH3 is 1. The summed E-state index contributed by atoms with van der Waals surface area (Å²) >= 11 is 0. The lowest BCUT2D eigenvalue weighted by atomic mass is 9.79. The molecule has 0 bridgehead atoms. The van der Waals surface area contributed by atoms with Gasteiger partial charge in [-0.1, -0.05) is 87.1 Å². The Labute approximate surface area is 210 Å². The molecule has 2 atom stereocenters. The molecule has 4 heteroatoms. The van der Waals surface area contributed by atoms with Crippen molar-refractivity contribution < 1.29 is 14.3 Å². The van der Waals surface area contributed by atoms with Gasteiger partial charge in [0.15, 0.2) is 0 Å². The van der Waals surface area contributed by atoms with E-state index >= 15 is 0 Å². The van der Waals surface area contributed by atoms with Gasteiger partial charge in [-0.2, -0.15) is 0 Å². The fourth-order valence-electron chi connectivity index (χ4n) is 6.74. The maximum atomic E-state index is 11.7. The molecule has 0 amide bonds. The van der Waals surface area contributed by atoms with E-state index in [4.69, 9.17) is 9.47 Å².